The summed E-state index contributed by atoms with van der Waals surface area (Å²) in [6, 6.07) is 9.90. The van der Waals surface area contributed by atoms with Crippen molar-refractivity contribution in [2.24, 2.45) is 0 Å². The highest BCUT2D eigenvalue weighted by Gasteiger charge is 2.26. The Labute approximate surface area is 184 Å². The normalized spacial score (nSPS) is 14.0. The lowest BCUT2D eigenvalue weighted by Gasteiger charge is -2.34. The Morgan fingerprint density at radius 2 is 1.56 bits per heavy atom. The van der Waals surface area contributed by atoms with Gasteiger partial charge in [-0.05, 0) is 36.4 Å². The van der Waals surface area contributed by atoms with Gasteiger partial charge < -0.3 is 20.3 Å². The molecule has 2 aromatic rings. The third-order valence-corrected chi connectivity index (χ3v) is 5.10. The summed E-state index contributed by atoms with van der Waals surface area (Å²) < 4.78 is 32.7. The molecule has 0 radical (unpaired) electrons. The summed E-state index contributed by atoms with van der Waals surface area (Å²) in [5.41, 5.74) is -0.0749. The summed E-state index contributed by atoms with van der Waals surface area (Å²) in [4.78, 5) is 39.8. The van der Waals surface area contributed by atoms with Gasteiger partial charge in [0.15, 0.2) is 0 Å². The third kappa shape index (κ3) is 5.79. The van der Waals surface area contributed by atoms with E-state index in [4.69, 9.17) is 4.74 Å². The molecule has 2 aromatic carbocycles. The van der Waals surface area contributed by atoms with Gasteiger partial charge in [0.2, 0.25) is 0 Å². The molecule has 0 unspecified atom stereocenters. The molecule has 3 rings (SSSR count). The van der Waals surface area contributed by atoms with Crippen molar-refractivity contribution < 1.29 is 27.9 Å². The van der Waals surface area contributed by atoms with E-state index in [0.717, 1.165) is 12.1 Å². The zero-order valence-corrected chi connectivity index (χ0v) is 17.6. The number of hydrogen-bond donors (Lipinski definition) is 2. The van der Waals surface area contributed by atoms with Crippen LogP contribution in [0.2, 0.25) is 0 Å². The van der Waals surface area contributed by atoms with Crippen molar-refractivity contribution in [3.8, 4) is 5.75 Å². The second kappa shape index (κ2) is 10.7. The minimum absolute atomic E-state index is 0.241. The van der Waals surface area contributed by atoms with Crippen LogP contribution in [0.25, 0.3) is 0 Å². The first-order valence-corrected chi connectivity index (χ1v) is 10.1. The fourth-order valence-corrected chi connectivity index (χ4v) is 3.30. The van der Waals surface area contributed by atoms with E-state index >= 15 is 0 Å². The van der Waals surface area contributed by atoms with Crippen molar-refractivity contribution in [3.63, 3.8) is 0 Å². The van der Waals surface area contributed by atoms with E-state index in [9.17, 15) is 23.2 Å². The zero-order valence-electron chi connectivity index (χ0n) is 17.6. The highest BCUT2D eigenvalue weighted by Crippen LogP contribution is 2.16. The van der Waals surface area contributed by atoms with Crippen LogP contribution in [-0.2, 0) is 9.59 Å². The minimum Gasteiger partial charge on any atom is -0.497 e. The second-order valence-corrected chi connectivity index (χ2v) is 7.17. The molecule has 1 heterocycles. The largest absolute Gasteiger partial charge is 0.497 e. The van der Waals surface area contributed by atoms with Gasteiger partial charge in [0.25, 0.3) is 5.91 Å². The van der Waals surface area contributed by atoms with Crippen molar-refractivity contribution >= 4 is 23.4 Å². The molecule has 10 heteroatoms. The number of amides is 3. The maximum Gasteiger partial charge on any atom is 0.313 e. The van der Waals surface area contributed by atoms with Gasteiger partial charge in [0, 0.05) is 45.0 Å². The molecule has 0 saturated carbocycles. The van der Waals surface area contributed by atoms with E-state index in [1.807, 2.05) is 4.90 Å². The summed E-state index contributed by atoms with van der Waals surface area (Å²) in [6.07, 6.45) is 0. The Kier molecular flexibility index (Phi) is 7.72. The number of benzene rings is 2. The molecule has 0 atom stereocenters. The van der Waals surface area contributed by atoms with Gasteiger partial charge in [-0.3, -0.25) is 19.3 Å². The number of ether oxygens (including phenoxy) is 1. The third-order valence-electron chi connectivity index (χ3n) is 5.10. The van der Waals surface area contributed by atoms with Crippen LogP contribution in [0.3, 0.4) is 0 Å². The van der Waals surface area contributed by atoms with E-state index in [2.05, 4.69) is 10.6 Å². The van der Waals surface area contributed by atoms with E-state index in [1.54, 1.807) is 24.3 Å². The molecule has 170 valence electrons. The molecule has 32 heavy (non-hydrogen) atoms. The lowest BCUT2D eigenvalue weighted by atomic mass is 10.1. The average Bonchev–Trinajstić information content (AvgIpc) is 2.79. The number of methoxy groups -OCH3 is 1. The molecule has 8 nitrogen and oxygen atoms in total. The number of rotatable bonds is 6. The molecule has 0 aliphatic carbocycles. The number of nitrogens with one attached hydrogen (secondary N) is 2. The van der Waals surface area contributed by atoms with Crippen molar-refractivity contribution in [2.75, 3.05) is 51.7 Å². The standard InChI is InChI=1S/C22H24F2N4O4/c1-32-16-7-5-15(6-8-16)26-21(30)20(29)25-9-10-27-11-13-28(14-12-27)22(31)19-17(23)3-2-4-18(19)24/h2-8H,9-14H2,1H3,(H,25,29)(H,26,30). The highest BCUT2D eigenvalue weighted by atomic mass is 19.1. The zero-order chi connectivity index (χ0) is 23.1. The first-order chi connectivity index (χ1) is 15.4. The Hall–Kier alpha value is -3.53. The summed E-state index contributed by atoms with van der Waals surface area (Å²) in [5.74, 6) is -3.35. The number of carbonyl (C=O) groups excluding carboxylic acids is 3. The summed E-state index contributed by atoms with van der Waals surface area (Å²) in [7, 11) is 1.53. The monoisotopic (exact) mass is 446 g/mol. The maximum absolute atomic E-state index is 13.8. The second-order valence-electron chi connectivity index (χ2n) is 7.17. The molecule has 1 aliphatic heterocycles. The van der Waals surface area contributed by atoms with Crippen molar-refractivity contribution in [2.45, 2.75) is 0 Å². The molecular formula is C22H24F2N4O4. The lowest BCUT2D eigenvalue weighted by Crippen LogP contribution is -2.51. The van der Waals surface area contributed by atoms with Gasteiger partial charge in [-0.2, -0.15) is 0 Å². The molecule has 0 bridgehead atoms. The number of halogens is 2. The summed E-state index contributed by atoms with van der Waals surface area (Å²) in [6.45, 7) is 2.28. The van der Waals surface area contributed by atoms with Crippen LogP contribution in [0.15, 0.2) is 42.5 Å². The number of piperazine rings is 1. The topological polar surface area (TPSA) is 91.0 Å². The summed E-state index contributed by atoms with van der Waals surface area (Å²) >= 11 is 0. The quantitative estimate of drug-likeness (QED) is 0.657. The fraction of sp³-hybridized carbons (Fsp3) is 0.318. The van der Waals surface area contributed by atoms with Crippen LogP contribution in [0, 0.1) is 11.6 Å². The molecule has 1 saturated heterocycles. The fourth-order valence-electron chi connectivity index (χ4n) is 3.30. The first-order valence-electron chi connectivity index (χ1n) is 10.1. The van der Waals surface area contributed by atoms with Crippen molar-refractivity contribution in [3.05, 3.63) is 59.7 Å². The molecule has 0 spiro atoms. The molecular weight excluding hydrogens is 422 g/mol. The van der Waals surface area contributed by atoms with Gasteiger partial charge in [-0.15, -0.1) is 0 Å². The van der Waals surface area contributed by atoms with E-state index < -0.39 is 34.9 Å². The molecule has 1 fully saturated rings. The molecule has 2 N–H and O–H groups in total. The van der Waals surface area contributed by atoms with Crippen LogP contribution >= 0.6 is 0 Å². The van der Waals surface area contributed by atoms with Crippen LogP contribution in [-0.4, -0.2) is 73.9 Å². The number of carbonyl (C=O) groups is 3. The smallest absolute Gasteiger partial charge is 0.313 e. The predicted molar refractivity (Wildman–Crippen MR) is 113 cm³/mol. The number of nitrogens with zero attached hydrogens (tertiary/aromatic N) is 2. The highest BCUT2D eigenvalue weighted by molar-refractivity contribution is 6.39. The number of anilines is 1. The predicted octanol–water partition coefficient (Wildman–Crippen LogP) is 1.49. The SMILES string of the molecule is COc1ccc(NC(=O)C(=O)NCCN2CCN(C(=O)c3c(F)cccc3F)CC2)cc1. The molecule has 3 amide bonds. The number of hydrogen-bond acceptors (Lipinski definition) is 5. The van der Waals surface area contributed by atoms with Crippen LogP contribution in [0.4, 0.5) is 14.5 Å². The Bertz CT molecular complexity index is 956. The summed E-state index contributed by atoms with van der Waals surface area (Å²) in [5, 5.41) is 5.05. The van der Waals surface area contributed by atoms with Crippen LogP contribution in [0.1, 0.15) is 10.4 Å². The van der Waals surface area contributed by atoms with E-state index in [-0.39, 0.29) is 6.54 Å². The van der Waals surface area contributed by atoms with Gasteiger partial charge in [-0.25, -0.2) is 8.78 Å². The van der Waals surface area contributed by atoms with Crippen LogP contribution in [0.5, 0.6) is 5.75 Å². The van der Waals surface area contributed by atoms with Gasteiger partial charge in [0.1, 0.15) is 22.9 Å². The Morgan fingerprint density at radius 1 is 0.938 bits per heavy atom. The Morgan fingerprint density at radius 3 is 2.16 bits per heavy atom. The Balaban J connectivity index is 1.39. The van der Waals surface area contributed by atoms with E-state index in [0.29, 0.717) is 44.2 Å². The molecule has 0 aromatic heterocycles. The van der Waals surface area contributed by atoms with Crippen molar-refractivity contribution in [1.82, 2.24) is 15.1 Å². The minimum atomic E-state index is -0.881. The lowest BCUT2D eigenvalue weighted by molar-refractivity contribution is -0.136. The van der Waals surface area contributed by atoms with Gasteiger partial charge in [0.05, 0.1) is 7.11 Å². The van der Waals surface area contributed by atoms with Gasteiger partial charge >= 0.3 is 11.8 Å². The van der Waals surface area contributed by atoms with Crippen molar-refractivity contribution in [1.29, 1.82) is 0 Å². The molecule has 1 aliphatic rings. The maximum atomic E-state index is 13.8. The van der Waals surface area contributed by atoms with Gasteiger partial charge in [-0.1, -0.05) is 6.07 Å². The average molecular weight is 446 g/mol. The van der Waals surface area contributed by atoms with E-state index in [1.165, 1.54) is 18.1 Å². The van der Waals surface area contributed by atoms with Crippen LogP contribution < -0.4 is 15.4 Å². The first kappa shape index (κ1) is 23.1.